The Morgan fingerprint density at radius 3 is 2.61 bits per heavy atom. The molecule has 9 heteroatoms. The van der Waals surface area contributed by atoms with Crippen LogP contribution in [0.2, 0.25) is 5.02 Å². The molecule has 2 aromatic rings. The molecule has 0 saturated heterocycles. The normalized spacial score (nSPS) is 11.1. The maximum absolute atomic E-state index is 12.6. The van der Waals surface area contributed by atoms with Crippen LogP contribution in [0.15, 0.2) is 28.5 Å². The molecule has 1 aromatic heterocycles. The number of methoxy groups -OCH3 is 2. The van der Waals surface area contributed by atoms with E-state index in [1.165, 1.54) is 31.7 Å². The molecule has 0 fully saturated rings. The number of hydrogen-bond donors (Lipinski definition) is 1. The molecule has 0 aliphatic carbocycles. The van der Waals surface area contributed by atoms with Gasteiger partial charge < -0.3 is 9.47 Å². The molecule has 6 nitrogen and oxygen atoms in total. The van der Waals surface area contributed by atoms with Crippen molar-refractivity contribution in [3.05, 3.63) is 39.0 Å². The van der Waals surface area contributed by atoms with Crippen LogP contribution >= 0.6 is 22.9 Å². The fraction of sp³-hybridized carbons (Fsp3) is 0.214. The molecule has 1 heterocycles. The second-order valence-electron chi connectivity index (χ2n) is 4.51. The Bertz CT molecular complexity index is 845. The van der Waals surface area contributed by atoms with E-state index < -0.39 is 16.0 Å². The number of ether oxygens (including phenoxy) is 2. The number of nitrogens with one attached hydrogen (secondary N) is 1. The van der Waals surface area contributed by atoms with E-state index in [9.17, 15) is 13.2 Å². The van der Waals surface area contributed by atoms with Crippen molar-refractivity contribution in [3.8, 4) is 5.75 Å². The Morgan fingerprint density at radius 1 is 1.30 bits per heavy atom. The topological polar surface area (TPSA) is 81.7 Å². The highest BCUT2D eigenvalue weighted by Crippen LogP contribution is 2.33. The van der Waals surface area contributed by atoms with Gasteiger partial charge in [-0.2, -0.15) is 0 Å². The van der Waals surface area contributed by atoms with Crippen molar-refractivity contribution in [3.63, 3.8) is 0 Å². The third kappa shape index (κ3) is 3.60. The van der Waals surface area contributed by atoms with Gasteiger partial charge in [-0.15, -0.1) is 11.3 Å². The second-order valence-corrected chi connectivity index (χ2v) is 7.49. The largest absolute Gasteiger partial charge is 0.495 e. The zero-order valence-corrected chi connectivity index (χ0v) is 14.9. The number of halogens is 1. The van der Waals surface area contributed by atoms with Gasteiger partial charge in [0.05, 0.1) is 19.9 Å². The minimum Gasteiger partial charge on any atom is -0.495 e. The van der Waals surface area contributed by atoms with Crippen molar-refractivity contribution in [2.24, 2.45) is 0 Å². The van der Waals surface area contributed by atoms with Crippen molar-refractivity contribution in [2.75, 3.05) is 18.9 Å². The van der Waals surface area contributed by atoms with Crippen LogP contribution in [0, 0.1) is 6.92 Å². The summed E-state index contributed by atoms with van der Waals surface area (Å²) < 4.78 is 37.3. The van der Waals surface area contributed by atoms with Crippen LogP contribution in [0.5, 0.6) is 5.75 Å². The quantitative estimate of drug-likeness (QED) is 0.811. The Kier molecular flexibility index (Phi) is 5.18. The average Bonchev–Trinajstić information content (AvgIpc) is 3.00. The van der Waals surface area contributed by atoms with E-state index in [0.717, 1.165) is 11.3 Å². The molecule has 0 saturated carbocycles. The Labute approximate surface area is 143 Å². The highest BCUT2D eigenvalue weighted by molar-refractivity contribution is 7.93. The van der Waals surface area contributed by atoms with Gasteiger partial charge in [0.25, 0.3) is 10.0 Å². The standard InChI is InChI=1S/C14H14ClNO5S2/c1-8-6-10(11(20-2)7-9(8)15)16-23(18,19)12-4-5-22-13(12)14(17)21-3/h4-7,16H,1-3H3. The van der Waals surface area contributed by atoms with Crippen LogP contribution in [-0.2, 0) is 14.8 Å². The molecule has 0 bridgehead atoms. The Morgan fingerprint density at radius 2 is 2.00 bits per heavy atom. The van der Waals surface area contributed by atoms with Crippen LogP contribution in [0.4, 0.5) is 5.69 Å². The van der Waals surface area contributed by atoms with E-state index in [1.54, 1.807) is 13.0 Å². The van der Waals surface area contributed by atoms with Gasteiger partial charge in [0.15, 0.2) is 0 Å². The fourth-order valence-electron chi connectivity index (χ4n) is 1.86. The van der Waals surface area contributed by atoms with Gasteiger partial charge in [-0.05, 0) is 30.0 Å². The van der Waals surface area contributed by atoms with Gasteiger partial charge in [0.2, 0.25) is 0 Å². The van der Waals surface area contributed by atoms with Crippen LogP contribution in [0.3, 0.4) is 0 Å². The summed E-state index contributed by atoms with van der Waals surface area (Å²) in [6, 6.07) is 4.42. The predicted octanol–water partition coefficient (Wildman–Crippen LogP) is 3.31. The number of thiophene rings is 1. The number of hydrogen-bond acceptors (Lipinski definition) is 6. The molecule has 23 heavy (non-hydrogen) atoms. The minimum atomic E-state index is -3.98. The monoisotopic (exact) mass is 375 g/mol. The lowest BCUT2D eigenvalue weighted by Gasteiger charge is -2.13. The molecule has 0 amide bonds. The van der Waals surface area contributed by atoms with Crippen LogP contribution in [0.1, 0.15) is 15.2 Å². The van der Waals surface area contributed by atoms with Gasteiger partial charge in [-0.25, -0.2) is 13.2 Å². The highest BCUT2D eigenvalue weighted by atomic mass is 35.5. The van der Waals surface area contributed by atoms with Gasteiger partial charge in [0, 0.05) is 11.1 Å². The van der Waals surface area contributed by atoms with E-state index in [-0.39, 0.29) is 21.2 Å². The summed E-state index contributed by atoms with van der Waals surface area (Å²) in [7, 11) is -1.38. The maximum Gasteiger partial charge on any atom is 0.349 e. The van der Waals surface area contributed by atoms with Crippen LogP contribution in [0.25, 0.3) is 0 Å². The number of carbonyl (C=O) groups is 1. The molecule has 0 radical (unpaired) electrons. The van der Waals surface area contributed by atoms with Crippen molar-refractivity contribution >= 4 is 44.6 Å². The fourth-order valence-corrected chi connectivity index (χ4v) is 4.41. The second kappa shape index (κ2) is 6.77. The van der Waals surface area contributed by atoms with E-state index in [0.29, 0.717) is 10.6 Å². The summed E-state index contributed by atoms with van der Waals surface area (Å²) in [6.07, 6.45) is 0. The first kappa shape index (κ1) is 17.6. The number of aryl methyl sites for hydroxylation is 1. The van der Waals surface area contributed by atoms with Gasteiger partial charge in [-0.3, -0.25) is 4.72 Å². The summed E-state index contributed by atoms with van der Waals surface area (Å²) in [5.41, 5.74) is 0.917. The summed E-state index contributed by atoms with van der Waals surface area (Å²) in [4.78, 5) is 11.5. The molecular weight excluding hydrogens is 362 g/mol. The van der Waals surface area contributed by atoms with Crippen molar-refractivity contribution in [1.29, 1.82) is 0 Å². The van der Waals surface area contributed by atoms with E-state index in [4.69, 9.17) is 16.3 Å². The minimum absolute atomic E-state index is 0.00431. The first-order chi connectivity index (χ1) is 10.8. The maximum atomic E-state index is 12.6. The number of carbonyl (C=O) groups excluding carboxylic acids is 1. The van der Waals surface area contributed by atoms with Crippen molar-refractivity contribution < 1.29 is 22.7 Å². The molecule has 124 valence electrons. The van der Waals surface area contributed by atoms with Crippen molar-refractivity contribution in [1.82, 2.24) is 0 Å². The Hall–Kier alpha value is -1.77. The third-order valence-corrected chi connectivity index (χ3v) is 5.85. The smallest absolute Gasteiger partial charge is 0.349 e. The molecule has 0 unspecified atom stereocenters. The van der Waals surface area contributed by atoms with Crippen LogP contribution in [-0.4, -0.2) is 28.6 Å². The number of anilines is 1. The SMILES string of the molecule is COC(=O)c1sccc1S(=O)(=O)Nc1cc(C)c(Cl)cc1OC. The average molecular weight is 376 g/mol. The molecule has 0 spiro atoms. The number of sulfonamides is 1. The lowest BCUT2D eigenvalue weighted by Crippen LogP contribution is -2.16. The summed E-state index contributed by atoms with van der Waals surface area (Å²) in [5, 5.41) is 1.96. The Balaban J connectivity index is 2.46. The van der Waals surface area contributed by atoms with Gasteiger partial charge in [0.1, 0.15) is 15.5 Å². The summed E-state index contributed by atoms with van der Waals surface area (Å²) >= 11 is 6.99. The number of rotatable bonds is 5. The first-order valence-corrected chi connectivity index (χ1v) is 9.07. The molecule has 0 atom stereocenters. The summed E-state index contributed by atoms with van der Waals surface area (Å²) in [5.74, 6) is -0.432. The van der Waals surface area contributed by atoms with Crippen LogP contribution < -0.4 is 9.46 Å². The molecule has 2 rings (SSSR count). The zero-order chi connectivity index (χ0) is 17.2. The molecule has 0 aliphatic rings. The first-order valence-electron chi connectivity index (χ1n) is 6.33. The molecule has 1 aromatic carbocycles. The molecular formula is C14H14ClNO5S2. The number of esters is 1. The van der Waals surface area contributed by atoms with E-state index in [2.05, 4.69) is 9.46 Å². The van der Waals surface area contributed by atoms with E-state index in [1.807, 2.05) is 0 Å². The number of benzene rings is 1. The third-order valence-electron chi connectivity index (χ3n) is 3.01. The molecule has 0 aliphatic heterocycles. The molecule has 1 N–H and O–H groups in total. The lowest BCUT2D eigenvalue weighted by atomic mass is 10.2. The predicted molar refractivity (Wildman–Crippen MR) is 89.2 cm³/mol. The lowest BCUT2D eigenvalue weighted by molar-refractivity contribution is 0.0602. The van der Waals surface area contributed by atoms with Crippen molar-refractivity contribution in [2.45, 2.75) is 11.8 Å². The summed E-state index contributed by atoms with van der Waals surface area (Å²) in [6.45, 7) is 1.74. The van der Waals surface area contributed by atoms with E-state index >= 15 is 0 Å². The highest BCUT2D eigenvalue weighted by Gasteiger charge is 2.25. The van der Waals surface area contributed by atoms with Gasteiger partial charge >= 0.3 is 5.97 Å². The zero-order valence-electron chi connectivity index (χ0n) is 12.5. The van der Waals surface area contributed by atoms with Gasteiger partial charge in [-0.1, -0.05) is 11.6 Å².